The molecule has 2 heterocycles. The summed E-state index contributed by atoms with van der Waals surface area (Å²) in [6, 6.07) is 12.5. The number of pyridine rings is 1. The van der Waals surface area contributed by atoms with Crippen LogP contribution in [0, 0.1) is 6.92 Å². The largest absolute Gasteiger partial charge is 0.441 e. The van der Waals surface area contributed by atoms with Crippen molar-refractivity contribution < 1.29 is 17.9 Å². The molecule has 0 bridgehead atoms. The lowest BCUT2D eigenvalue weighted by molar-refractivity contribution is 0.157. The van der Waals surface area contributed by atoms with E-state index in [0.717, 1.165) is 17.7 Å². The lowest BCUT2D eigenvalue weighted by Crippen LogP contribution is -2.37. The summed E-state index contributed by atoms with van der Waals surface area (Å²) < 4.78 is 25.4. The van der Waals surface area contributed by atoms with Gasteiger partial charge in [-0.25, -0.2) is 4.79 Å². The SMILES string of the molecule is CO[S-](=O)=Nc1ccc(C2=CCCN(C(=O)Oc3ccccc3)C2)nc1C. The summed E-state index contributed by atoms with van der Waals surface area (Å²) in [5, 5.41) is 0. The van der Waals surface area contributed by atoms with Gasteiger partial charge in [-0.3, -0.25) is 4.98 Å². The summed E-state index contributed by atoms with van der Waals surface area (Å²) in [5.74, 6) is 0.518. The molecule has 0 saturated carbocycles. The third kappa shape index (κ3) is 4.93. The van der Waals surface area contributed by atoms with E-state index in [1.54, 1.807) is 36.1 Å². The minimum absolute atomic E-state index is 0.384. The lowest BCUT2D eigenvalue weighted by Gasteiger charge is -2.26. The molecule has 0 aliphatic carbocycles. The van der Waals surface area contributed by atoms with Crippen LogP contribution >= 0.6 is 0 Å². The first-order chi connectivity index (χ1) is 13.1. The van der Waals surface area contributed by atoms with Gasteiger partial charge in [-0.15, -0.1) is 0 Å². The van der Waals surface area contributed by atoms with Gasteiger partial charge in [-0.05, 0) is 43.2 Å². The summed E-state index contributed by atoms with van der Waals surface area (Å²) in [7, 11) is -0.404. The Morgan fingerprint density at radius 3 is 2.70 bits per heavy atom. The Morgan fingerprint density at radius 2 is 2.00 bits per heavy atom. The average Bonchev–Trinajstić information content (AvgIpc) is 2.70. The summed E-state index contributed by atoms with van der Waals surface area (Å²) in [6.07, 6.45) is 2.41. The van der Waals surface area contributed by atoms with Gasteiger partial charge in [0.1, 0.15) is 5.75 Å². The van der Waals surface area contributed by atoms with Gasteiger partial charge < -0.3 is 22.4 Å². The Labute approximate surface area is 160 Å². The van der Waals surface area contributed by atoms with Crippen molar-refractivity contribution in [2.75, 3.05) is 20.2 Å². The van der Waals surface area contributed by atoms with Crippen LogP contribution in [-0.4, -0.2) is 36.2 Å². The summed E-state index contributed by atoms with van der Waals surface area (Å²) in [6.45, 7) is 2.80. The van der Waals surface area contributed by atoms with Crippen molar-refractivity contribution in [1.29, 1.82) is 0 Å². The first-order valence-electron chi connectivity index (χ1n) is 8.44. The molecule has 0 fully saturated rings. The molecular weight excluding hydrogens is 366 g/mol. The van der Waals surface area contributed by atoms with Gasteiger partial charge in [0, 0.05) is 13.7 Å². The van der Waals surface area contributed by atoms with Crippen LogP contribution < -0.4 is 4.74 Å². The number of para-hydroxylation sites is 1. The van der Waals surface area contributed by atoms with Crippen LogP contribution in [0.15, 0.2) is 52.9 Å². The second-order valence-electron chi connectivity index (χ2n) is 5.90. The molecule has 1 aromatic heterocycles. The molecule has 27 heavy (non-hydrogen) atoms. The van der Waals surface area contributed by atoms with E-state index >= 15 is 0 Å². The third-order valence-corrected chi connectivity index (χ3v) is 4.69. The predicted octanol–water partition coefficient (Wildman–Crippen LogP) is 4.02. The molecular formula is C19H20N3O4S-. The van der Waals surface area contributed by atoms with Gasteiger partial charge in [0.05, 0.1) is 23.6 Å². The molecule has 0 atom stereocenters. The molecule has 0 spiro atoms. The summed E-state index contributed by atoms with van der Waals surface area (Å²) >= 11 is 0. The van der Waals surface area contributed by atoms with E-state index in [1.807, 2.05) is 18.2 Å². The fourth-order valence-electron chi connectivity index (χ4n) is 2.69. The second kappa shape index (κ2) is 8.79. The normalized spacial score (nSPS) is 15.3. The summed E-state index contributed by atoms with van der Waals surface area (Å²) in [5.41, 5.74) is 2.85. The maximum absolute atomic E-state index is 12.4. The van der Waals surface area contributed by atoms with Crippen LogP contribution in [0.25, 0.3) is 5.57 Å². The zero-order valence-electron chi connectivity index (χ0n) is 15.1. The Balaban J connectivity index is 1.72. The molecule has 0 radical (unpaired) electrons. The van der Waals surface area contributed by atoms with Crippen LogP contribution in [0.1, 0.15) is 17.8 Å². The number of amides is 1. The zero-order chi connectivity index (χ0) is 19.2. The van der Waals surface area contributed by atoms with Gasteiger partial charge in [0.2, 0.25) is 0 Å². The number of nitrogens with zero attached hydrogens (tertiary/aromatic N) is 3. The molecule has 8 heteroatoms. The van der Waals surface area contributed by atoms with Crippen molar-refractivity contribution >= 4 is 28.2 Å². The van der Waals surface area contributed by atoms with Crippen molar-refractivity contribution in [3.63, 3.8) is 0 Å². The van der Waals surface area contributed by atoms with Crippen molar-refractivity contribution in [2.24, 2.45) is 4.36 Å². The van der Waals surface area contributed by atoms with Gasteiger partial charge in [0.25, 0.3) is 0 Å². The number of aromatic nitrogens is 1. The number of carbonyl (C=O) groups excluding carboxylic acids is 1. The Kier molecular flexibility index (Phi) is 6.20. The van der Waals surface area contributed by atoms with Crippen LogP contribution in [0.3, 0.4) is 0 Å². The van der Waals surface area contributed by atoms with Crippen LogP contribution in [0.4, 0.5) is 10.5 Å². The van der Waals surface area contributed by atoms with E-state index in [0.29, 0.717) is 30.2 Å². The van der Waals surface area contributed by atoms with E-state index < -0.39 is 10.9 Å². The first-order valence-corrected chi connectivity index (χ1v) is 9.47. The van der Waals surface area contributed by atoms with Crippen molar-refractivity contribution in [3.8, 4) is 5.75 Å². The number of benzene rings is 1. The second-order valence-corrected chi connectivity index (χ2v) is 6.85. The van der Waals surface area contributed by atoms with Gasteiger partial charge in [-0.1, -0.05) is 35.2 Å². The Hall–Kier alpha value is -2.71. The van der Waals surface area contributed by atoms with E-state index in [1.165, 1.54) is 7.11 Å². The number of hydrogen-bond acceptors (Lipinski definition) is 7. The predicted molar refractivity (Wildman–Crippen MR) is 103 cm³/mol. The van der Waals surface area contributed by atoms with E-state index in [-0.39, 0.29) is 6.09 Å². The maximum atomic E-state index is 12.4. The van der Waals surface area contributed by atoms with Crippen molar-refractivity contribution in [3.05, 3.63) is 59.9 Å². The number of rotatable bonds is 4. The number of aryl methyl sites for hydroxylation is 1. The summed E-state index contributed by atoms with van der Waals surface area (Å²) in [4.78, 5) is 18.6. The van der Waals surface area contributed by atoms with Gasteiger partial charge in [0.15, 0.2) is 0 Å². The van der Waals surface area contributed by atoms with Crippen LogP contribution in [-0.2, 0) is 19.3 Å². The molecule has 1 aromatic carbocycles. The number of carbonyl (C=O) groups is 1. The number of hydrogen-bond donors (Lipinski definition) is 0. The highest BCUT2D eigenvalue weighted by Gasteiger charge is 2.21. The quantitative estimate of drug-likeness (QED) is 0.742. The molecule has 0 unspecified atom stereocenters. The van der Waals surface area contributed by atoms with Crippen LogP contribution in [0.5, 0.6) is 5.75 Å². The minimum Gasteiger partial charge on any atom is -0.441 e. The highest BCUT2D eigenvalue weighted by molar-refractivity contribution is 7.69. The van der Waals surface area contributed by atoms with Gasteiger partial charge >= 0.3 is 6.09 Å². The monoisotopic (exact) mass is 386 g/mol. The molecule has 7 nitrogen and oxygen atoms in total. The molecule has 142 valence electrons. The van der Waals surface area contributed by atoms with Crippen molar-refractivity contribution in [2.45, 2.75) is 13.3 Å². The van der Waals surface area contributed by atoms with E-state index in [2.05, 4.69) is 19.6 Å². The third-order valence-electron chi connectivity index (χ3n) is 4.06. The standard InChI is InChI=1S/C19H20N3O4S/c1-14-17(21-27(24)25-2)10-11-18(20-14)15-7-6-12-22(13-15)19(23)26-16-8-4-3-5-9-16/h3-5,7-11H,6,12-13H2,1-2H3/q-1. The molecule has 1 aliphatic heterocycles. The molecule has 1 amide bonds. The first kappa shape index (κ1) is 19.1. The lowest BCUT2D eigenvalue weighted by atomic mass is 10.1. The fourth-order valence-corrected chi connectivity index (χ4v) is 3.11. The Morgan fingerprint density at radius 1 is 1.22 bits per heavy atom. The molecule has 1 aliphatic rings. The topological polar surface area (TPSA) is 81.1 Å². The zero-order valence-corrected chi connectivity index (χ0v) is 15.9. The average molecular weight is 386 g/mol. The van der Waals surface area contributed by atoms with E-state index in [9.17, 15) is 9.00 Å². The minimum atomic E-state index is -1.73. The highest BCUT2D eigenvalue weighted by Crippen LogP contribution is 2.24. The van der Waals surface area contributed by atoms with Gasteiger partial charge in [-0.2, -0.15) is 0 Å². The smallest absolute Gasteiger partial charge is 0.415 e. The fraction of sp³-hybridized carbons (Fsp3) is 0.263. The molecule has 0 saturated heterocycles. The van der Waals surface area contributed by atoms with Crippen LogP contribution in [0.2, 0.25) is 0 Å². The van der Waals surface area contributed by atoms with E-state index in [4.69, 9.17) is 4.74 Å². The maximum Gasteiger partial charge on any atom is 0.415 e. The van der Waals surface area contributed by atoms with Crippen molar-refractivity contribution in [1.82, 2.24) is 9.88 Å². The molecule has 3 rings (SSSR count). The molecule has 2 aromatic rings. The number of ether oxygens (including phenoxy) is 1. The Bertz CT molecular complexity index is 937. The highest BCUT2D eigenvalue weighted by atomic mass is 32.2. The molecule has 0 N–H and O–H groups in total.